The van der Waals surface area contributed by atoms with Crippen LogP contribution in [0.4, 0.5) is 5.69 Å². The molecule has 2 amide bonds. The summed E-state index contributed by atoms with van der Waals surface area (Å²) in [5, 5.41) is 0. The lowest BCUT2D eigenvalue weighted by Gasteiger charge is -2.28. The highest BCUT2D eigenvalue weighted by atomic mass is 16.5. The second-order valence-electron chi connectivity index (χ2n) is 12.0. The van der Waals surface area contributed by atoms with Crippen molar-refractivity contribution >= 4 is 17.5 Å². The molecule has 1 heterocycles. The molecule has 0 aliphatic carbocycles. The van der Waals surface area contributed by atoms with Gasteiger partial charge in [0.15, 0.2) is 0 Å². The van der Waals surface area contributed by atoms with E-state index in [1.165, 1.54) is 0 Å². The second kappa shape index (κ2) is 16.1. The van der Waals surface area contributed by atoms with Crippen LogP contribution >= 0.6 is 0 Å². The molecule has 0 unspecified atom stereocenters. The second-order valence-corrected chi connectivity index (χ2v) is 12.0. The molecule has 0 saturated heterocycles. The summed E-state index contributed by atoms with van der Waals surface area (Å²) in [6.07, 6.45) is 8.22. The number of ether oxygens (including phenoxy) is 1. The van der Waals surface area contributed by atoms with E-state index >= 15 is 0 Å². The average molecular weight is 603 g/mol. The molecule has 4 aromatic rings. The highest BCUT2D eigenvalue weighted by molar-refractivity contribution is 5.97. The first-order valence-corrected chi connectivity index (χ1v) is 16.6. The maximum absolute atomic E-state index is 14.4. The van der Waals surface area contributed by atoms with Crippen LogP contribution in [-0.2, 0) is 24.4 Å². The van der Waals surface area contributed by atoms with Crippen molar-refractivity contribution in [2.45, 2.75) is 78.4 Å². The van der Waals surface area contributed by atoms with Gasteiger partial charge in [0, 0.05) is 43.4 Å². The van der Waals surface area contributed by atoms with Crippen molar-refractivity contribution in [3.8, 4) is 16.9 Å². The quantitative estimate of drug-likeness (QED) is 0.212. The lowest BCUT2D eigenvalue weighted by Crippen LogP contribution is -2.34. The van der Waals surface area contributed by atoms with Crippen molar-refractivity contribution in [3.63, 3.8) is 0 Å². The van der Waals surface area contributed by atoms with Crippen LogP contribution in [0.5, 0.6) is 5.75 Å². The Morgan fingerprint density at radius 3 is 2.22 bits per heavy atom. The topological polar surface area (TPSA) is 49.9 Å². The first kappa shape index (κ1) is 32.0. The van der Waals surface area contributed by atoms with Gasteiger partial charge in [0.05, 0.1) is 0 Å². The SMILES string of the molecule is CCCc1cc(-c2ccccc2OCc2ccccc2)ccc1C(=O)N1CCCCCCCCN(C(C)=O)c2ccccc2C1. The molecule has 0 spiro atoms. The summed E-state index contributed by atoms with van der Waals surface area (Å²) in [6.45, 7) is 6.16. The summed E-state index contributed by atoms with van der Waals surface area (Å²) in [5.41, 5.74) is 6.93. The number of carbonyl (C=O) groups excluding carboxylic acids is 2. The summed E-state index contributed by atoms with van der Waals surface area (Å²) < 4.78 is 6.28. The zero-order valence-corrected chi connectivity index (χ0v) is 26.8. The Hall–Kier alpha value is -4.38. The third kappa shape index (κ3) is 8.42. The summed E-state index contributed by atoms with van der Waals surface area (Å²) in [6, 6.07) is 32.6. The minimum absolute atomic E-state index is 0.0454. The van der Waals surface area contributed by atoms with E-state index in [0.29, 0.717) is 26.2 Å². The van der Waals surface area contributed by atoms with E-state index in [1.54, 1.807) is 6.92 Å². The molecular formula is C40H46N2O3. The molecule has 0 bridgehead atoms. The van der Waals surface area contributed by atoms with Crippen LogP contribution in [0.2, 0.25) is 0 Å². The van der Waals surface area contributed by atoms with E-state index in [9.17, 15) is 9.59 Å². The van der Waals surface area contributed by atoms with E-state index < -0.39 is 0 Å². The normalized spacial score (nSPS) is 14.4. The van der Waals surface area contributed by atoms with Gasteiger partial charge in [-0.15, -0.1) is 0 Å². The highest BCUT2D eigenvalue weighted by Gasteiger charge is 2.23. The molecule has 0 saturated carbocycles. The number of rotatable bonds is 7. The Bertz CT molecular complexity index is 1570. The average Bonchev–Trinajstić information content (AvgIpc) is 3.08. The maximum Gasteiger partial charge on any atom is 0.254 e. The first-order valence-electron chi connectivity index (χ1n) is 16.6. The molecule has 0 fully saturated rings. The minimum Gasteiger partial charge on any atom is -0.488 e. The zero-order valence-electron chi connectivity index (χ0n) is 26.8. The first-order chi connectivity index (χ1) is 22.0. The van der Waals surface area contributed by atoms with Gasteiger partial charge in [-0.05, 0) is 59.7 Å². The largest absolute Gasteiger partial charge is 0.488 e. The number of anilines is 1. The van der Waals surface area contributed by atoms with Gasteiger partial charge < -0.3 is 14.5 Å². The predicted molar refractivity (Wildman–Crippen MR) is 184 cm³/mol. The Labute approximate surface area is 268 Å². The van der Waals surface area contributed by atoms with Gasteiger partial charge in [0.25, 0.3) is 5.91 Å². The third-order valence-electron chi connectivity index (χ3n) is 8.66. The molecule has 1 aliphatic rings. The molecule has 0 atom stereocenters. The summed E-state index contributed by atoms with van der Waals surface area (Å²) in [4.78, 5) is 31.0. The molecule has 5 nitrogen and oxygen atoms in total. The van der Waals surface area contributed by atoms with Crippen LogP contribution in [0, 0.1) is 0 Å². The van der Waals surface area contributed by atoms with Crippen LogP contribution in [-0.4, -0.2) is 29.8 Å². The Balaban J connectivity index is 1.45. The van der Waals surface area contributed by atoms with E-state index in [2.05, 4.69) is 43.3 Å². The van der Waals surface area contributed by atoms with E-state index in [-0.39, 0.29) is 11.8 Å². The van der Waals surface area contributed by atoms with Crippen molar-refractivity contribution in [1.82, 2.24) is 4.90 Å². The summed E-state index contributed by atoms with van der Waals surface area (Å²) >= 11 is 0. The highest BCUT2D eigenvalue weighted by Crippen LogP contribution is 2.33. The van der Waals surface area contributed by atoms with Gasteiger partial charge in [0.2, 0.25) is 5.91 Å². The molecule has 5 heteroatoms. The Morgan fingerprint density at radius 1 is 0.756 bits per heavy atom. The fourth-order valence-electron chi connectivity index (χ4n) is 6.28. The van der Waals surface area contributed by atoms with Gasteiger partial charge in [-0.2, -0.15) is 0 Å². The van der Waals surface area contributed by atoms with Crippen molar-refractivity contribution in [2.24, 2.45) is 0 Å². The number of fused-ring (bicyclic) bond motifs is 1. The summed E-state index contributed by atoms with van der Waals surface area (Å²) in [5.74, 6) is 0.926. The number of para-hydroxylation sites is 2. The third-order valence-corrected chi connectivity index (χ3v) is 8.66. The predicted octanol–water partition coefficient (Wildman–Crippen LogP) is 9.23. The fraction of sp³-hybridized carbons (Fsp3) is 0.350. The van der Waals surface area contributed by atoms with Crippen molar-refractivity contribution < 1.29 is 14.3 Å². The monoisotopic (exact) mass is 602 g/mol. The van der Waals surface area contributed by atoms with Gasteiger partial charge in [-0.1, -0.05) is 118 Å². The molecule has 234 valence electrons. The van der Waals surface area contributed by atoms with Crippen LogP contribution in [0.1, 0.15) is 85.8 Å². The number of amides is 2. The number of hydrogen-bond acceptors (Lipinski definition) is 3. The van der Waals surface area contributed by atoms with Crippen molar-refractivity contribution in [1.29, 1.82) is 0 Å². The van der Waals surface area contributed by atoms with Gasteiger partial charge in [-0.3, -0.25) is 9.59 Å². The van der Waals surface area contributed by atoms with Gasteiger partial charge in [-0.25, -0.2) is 0 Å². The number of aryl methyl sites for hydroxylation is 1. The van der Waals surface area contributed by atoms with E-state index in [0.717, 1.165) is 96.2 Å². The lowest BCUT2D eigenvalue weighted by molar-refractivity contribution is -0.116. The number of hydrogen-bond donors (Lipinski definition) is 0. The maximum atomic E-state index is 14.4. The van der Waals surface area contributed by atoms with Crippen LogP contribution < -0.4 is 9.64 Å². The van der Waals surface area contributed by atoms with Gasteiger partial charge >= 0.3 is 0 Å². The molecule has 5 rings (SSSR count). The van der Waals surface area contributed by atoms with Crippen LogP contribution in [0.15, 0.2) is 97.1 Å². The van der Waals surface area contributed by atoms with Crippen LogP contribution in [0.25, 0.3) is 11.1 Å². The molecule has 0 radical (unpaired) electrons. The lowest BCUT2D eigenvalue weighted by atomic mass is 9.95. The van der Waals surface area contributed by atoms with E-state index in [4.69, 9.17) is 4.74 Å². The summed E-state index contributed by atoms with van der Waals surface area (Å²) in [7, 11) is 0. The Kier molecular flexibility index (Phi) is 11.4. The van der Waals surface area contributed by atoms with Crippen molar-refractivity contribution in [3.05, 3.63) is 119 Å². The number of benzene rings is 4. The number of carbonyl (C=O) groups is 2. The fourth-order valence-corrected chi connectivity index (χ4v) is 6.28. The molecular weight excluding hydrogens is 556 g/mol. The van der Waals surface area contributed by atoms with E-state index in [1.807, 2.05) is 70.5 Å². The Morgan fingerprint density at radius 2 is 1.44 bits per heavy atom. The molecule has 0 N–H and O–H groups in total. The zero-order chi connectivity index (χ0) is 31.4. The molecule has 0 aromatic heterocycles. The standard InChI is InChI=1S/C40H46N2O3/c1-3-17-33-28-34(36-21-12-14-23-39(36)45-30-32-18-9-8-10-19-32)24-25-37(33)40(44)41-26-15-6-4-5-7-16-27-42(31(2)43)38-22-13-11-20-35(38)29-41/h8-14,18-25,28H,3-7,15-17,26-27,29-30H2,1-2H3. The smallest absolute Gasteiger partial charge is 0.254 e. The number of nitrogens with zero attached hydrogens (tertiary/aromatic N) is 2. The van der Waals surface area contributed by atoms with Gasteiger partial charge in [0.1, 0.15) is 12.4 Å². The van der Waals surface area contributed by atoms with Crippen LogP contribution in [0.3, 0.4) is 0 Å². The minimum atomic E-state index is 0.0454. The molecule has 1 aliphatic heterocycles. The molecule has 45 heavy (non-hydrogen) atoms. The van der Waals surface area contributed by atoms with Crippen molar-refractivity contribution in [2.75, 3.05) is 18.0 Å². The molecule has 4 aromatic carbocycles.